The molecule has 1 unspecified atom stereocenters. The monoisotopic (exact) mass is 244 g/mol. The first-order chi connectivity index (χ1) is 3.66. The van der Waals surface area contributed by atoms with E-state index in [1.54, 1.807) is 0 Å². The molecule has 0 aliphatic rings. The van der Waals surface area contributed by atoms with Crippen LogP contribution < -0.4 is 0 Å². The number of aliphatic imine (C=N–C) groups is 1. The van der Waals surface area contributed by atoms with Crippen molar-refractivity contribution in [2.75, 3.05) is 0 Å². The summed E-state index contributed by atoms with van der Waals surface area (Å²) in [6.07, 6.45) is 1.02. The first-order valence-electron chi connectivity index (χ1n) is 2.04. The number of hydrogen-bond donors (Lipinski definition) is 1. The summed E-state index contributed by atoms with van der Waals surface area (Å²) >= 11 is 7.47. The summed E-state index contributed by atoms with van der Waals surface area (Å²) in [5.41, 5.74) is 0. The van der Waals surface area contributed by atoms with Crippen molar-refractivity contribution in [3.63, 3.8) is 0 Å². The average Bonchev–Trinajstić information content (AvgIpc) is 1.65. The standard InChI is InChI=1S/C4H6ClIN2/c1-3(6)8-4(5)2-7/h2-3,7H,1H3. The van der Waals surface area contributed by atoms with Crippen LogP contribution in [0.25, 0.3) is 0 Å². The number of rotatable bonds is 2. The summed E-state index contributed by atoms with van der Waals surface area (Å²) < 4.78 is 0.154. The molecule has 8 heavy (non-hydrogen) atoms. The minimum Gasteiger partial charge on any atom is -0.306 e. The van der Waals surface area contributed by atoms with Crippen LogP contribution in [-0.4, -0.2) is 15.4 Å². The van der Waals surface area contributed by atoms with Gasteiger partial charge in [-0.1, -0.05) is 34.2 Å². The van der Waals surface area contributed by atoms with Crippen molar-refractivity contribution in [2.45, 2.75) is 11.0 Å². The van der Waals surface area contributed by atoms with Crippen molar-refractivity contribution < 1.29 is 0 Å². The third kappa shape index (κ3) is 4.52. The Morgan fingerprint density at radius 1 is 2.00 bits per heavy atom. The van der Waals surface area contributed by atoms with E-state index in [-0.39, 0.29) is 9.22 Å². The maximum Gasteiger partial charge on any atom is 0.142 e. The highest BCUT2D eigenvalue weighted by molar-refractivity contribution is 14.1. The lowest BCUT2D eigenvalue weighted by atomic mass is 10.7. The summed E-state index contributed by atoms with van der Waals surface area (Å²) in [5, 5.41) is 6.87. The number of alkyl halides is 1. The Hall–Kier alpha value is 0.360. The number of nitrogens with zero attached hydrogens (tertiary/aromatic N) is 1. The summed E-state index contributed by atoms with van der Waals surface area (Å²) in [6, 6.07) is 0. The van der Waals surface area contributed by atoms with Gasteiger partial charge in [-0.15, -0.1) is 0 Å². The number of nitrogens with one attached hydrogen (secondary N) is 1. The van der Waals surface area contributed by atoms with Crippen molar-refractivity contribution in [1.29, 1.82) is 5.41 Å². The smallest absolute Gasteiger partial charge is 0.142 e. The molecule has 0 saturated heterocycles. The Morgan fingerprint density at radius 3 is 2.62 bits per heavy atom. The van der Waals surface area contributed by atoms with E-state index in [0.29, 0.717) is 0 Å². The second-order valence-corrected chi connectivity index (χ2v) is 3.36. The highest BCUT2D eigenvalue weighted by atomic mass is 127. The molecule has 2 nitrogen and oxygen atoms in total. The normalized spacial score (nSPS) is 15.6. The molecule has 0 rings (SSSR count). The van der Waals surface area contributed by atoms with Gasteiger partial charge in [0.2, 0.25) is 0 Å². The van der Waals surface area contributed by atoms with E-state index in [0.717, 1.165) is 6.21 Å². The number of halogens is 2. The Kier molecular flexibility index (Phi) is 4.45. The van der Waals surface area contributed by atoms with Crippen molar-refractivity contribution in [2.24, 2.45) is 4.99 Å². The zero-order valence-corrected chi connectivity index (χ0v) is 7.27. The fraction of sp³-hybridized carbons (Fsp3) is 0.500. The van der Waals surface area contributed by atoms with Crippen molar-refractivity contribution in [3.8, 4) is 0 Å². The van der Waals surface area contributed by atoms with Gasteiger partial charge >= 0.3 is 0 Å². The van der Waals surface area contributed by atoms with Crippen LogP contribution in [-0.2, 0) is 0 Å². The highest BCUT2D eigenvalue weighted by Crippen LogP contribution is 2.00. The summed E-state index contributed by atoms with van der Waals surface area (Å²) in [5.74, 6) is 0. The topological polar surface area (TPSA) is 36.2 Å². The molecule has 0 amide bonds. The van der Waals surface area contributed by atoms with Gasteiger partial charge < -0.3 is 5.41 Å². The van der Waals surface area contributed by atoms with E-state index in [1.807, 2.05) is 6.92 Å². The molecule has 0 saturated carbocycles. The van der Waals surface area contributed by atoms with Crippen LogP contribution in [0.1, 0.15) is 6.92 Å². The maximum atomic E-state index is 6.61. The Balaban J connectivity index is 3.74. The molecular weight excluding hydrogens is 238 g/mol. The molecular formula is C4H6ClIN2. The van der Waals surface area contributed by atoms with Gasteiger partial charge in [0.25, 0.3) is 0 Å². The first kappa shape index (κ1) is 8.36. The van der Waals surface area contributed by atoms with Crippen LogP contribution >= 0.6 is 34.2 Å². The molecule has 0 aromatic heterocycles. The van der Waals surface area contributed by atoms with Crippen molar-refractivity contribution in [1.82, 2.24) is 0 Å². The third-order valence-corrected chi connectivity index (χ3v) is 0.906. The van der Waals surface area contributed by atoms with E-state index < -0.39 is 0 Å². The minimum atomic E-state index is 0.154. The van der Waals surface area contributed by atoms with Crippen LogP contribution in [0.2, 0.25) is 0 Å². The summed E-state index contributed by atoms with van der Waals surface area (Å²) in [6.45, 7) is 1.90. The highest BCUT2D eigenvalue weighted by Gasteiger charge is 1.89. The molecule has 0 fully saturated rings. The molecule has 0 heterocycles. The predicted octanol–water partition coefficient (Wildman–Crippen LogP) is 2.05. The average molecular weight is 244 g/mol. The molecule has 0 radical (unpaired) electrons. The van der Waals surface area contributed by atoms with Crippen LogP contribution in [0, 0.1) is 5.41 Å². The van der Waals surface area contributed by atoms with Gasteiger partial charge in [0.05, 0.1) is 6.21 Å². The van der Waals surface area contributed by atoms with E-state index in [9.17, 15) is 0 Å². The molecule has 0 aliphatic carbocycles. The minimum absolute atomic E-state index is 0.154. The lowest BCUT2D eigenvalue weighted by molar-refractivity contribution is 1.10. The molecule has 46 valence electrons. The second-order valence-electron chi connectivity index (χ2n) is 1.17. The molecule has 0 aromatic rings. The fourth-order valence-corrected chi connectivity index (χ4v) is 0.818. The van der Waals surface area contributed by atoms with E-state index in [4.69, 9.17) is 17.0 Å². The first-order valence-corrected chi connectivity index (χ1v) is 3.67. The molecule has 1 N–H and O–H groups in total. The Morgan fingerprint density at radius 2 is 2.50 bits per heavy atom. The lowest BCUT2D eigenvalue weighted by Gasteiger charge is -1.90. The molecule has 0 bridgehead atoms. The van der Waals surface area contributed by atoms with Gasteiger partial charge in [-0.25, -0.2) is 0 Å². The Bertz CT molecular complexity index is 111. The van der Waals surface area contributed by atoms with Gasteiger partial charge in [-0.3, -0.25) is 4.99 Å². The van der Waals surface area contributed by atoms with Crippen LogP contribution in [0.3, 0.4) is 0 Å². The molecule has 0 aliphatic heterocycles. The predicted molar refractivity (Wildman–Crippen MR) is 45.6 cm³/mol. The van der Waals surface area contributed by atoms with Gasteiger partial charge in [-0.05, 0) is 6.92 Å². The van der Waals surface area contributed by atoms with Crippen molar-refractivity contribution >= 4 is 45.6 Å². The van der Waals surface area contributed by atoms with Gasteiger partial charge in [-0.2, -0.15) is 0 Å². The van der Waals surface area contributed by atoms with Gasteiger partial charge in [0.1, 0.15) is 9.22 Å². The number of hydrogen-bond acceptors (Lipinski definition) is 2. The largest absolute Gasteiger partial charge is 0.306 e. The van der Waals surface area contributed by atoms with Gasteiger partial charge in [0.15, 0.2) is 0 Å². The molecule has 0 aromatic carbocycles. The van der Waals surface area contributed by atoms with Crippen molar-refractivity contribution in [3.05, 3.63) is 0 Å². The fourth-order valence-electron chi connectivity index (χ4n) is 0.207. The molecule has 1 atom stereocenters. The van der Waals surface area contributed by atoms with E-state index in [2.05, 4.69) is 27.6 Å². The quantitative estimate of drug-likeness (QED) is 0.334. The summed E-state index contributed by atoms with van der Waals surface area (Å²) in [4.78, 5) is 3.82. The van der Waals surface area contributed by atoms with E-state index in [1.165, 1.54) is 0 Å². The third-order valence-electron chi connectivity index (χ3n) is 0.420. The second kappa shape index (κ2) is 4.26. The Labute approximate surface area is 67.0 Å². The van der Waals surface area contributed by atoms with Crippen LogP contribution in [0.5, 0.6) is 0 Å². The molecule has 0 spiro atoms. The SMILES string of the molecule is CC(I)N=C(Cl)C=N. The molecule has 4 heteroatoms. The van der Waals surface area contributed by atoms with Crippen LogP contribution in [0.4, 0.5) is 0 Å². The van der Waals surface area contributed by atoms with Crippen LogP contribution in [0.15, 0.2) is 4.99 Å². The maximum absolute atomic E-state index is 6.61. The zero-order chi connectivity index (χ0) is 6.57. The zero-order valence-electron chi connectivity index (χ0n) is 4.36. The summed E-state index contributed by atoms with van der Waals surface area (Å²) in [7, 11) is 0. The van der Waals surface area contributed by atoms with E-state index >= 15 is 0 Å². The lowest BCUT2D eigenvalue weighted by Crippen LogP contribution is -1.91. The van der Waals surface area contributed by atoms with Gasteiger partial charge in [0, 0.05) is 0 Å².